The molecule has 2 aliphatic heterocycles. The molecule has 0 bridgehead atoms. The summed E-state index contributed by atoms with van der Waals surface area (Å²) in [6.07, 6.45) is 0.553. The van der Waals surface area contributed by atoms with Gasteiger partial charge in [-0.15, -0.1) is 0 Å². The maximum atomic E-state index is 5.58. The van der Waals surface area contributed by atoms with E-state index in [1.165, 1.54) is 0 Å². The van der Waals surface area contributed by atoms with Crippen molar-refractivity contribution < 1.29 is 23.5 Å². The Balaban J connectivity index is 1.39. The zero-order valence-electron chi connectivity index (χ0n) is 15.0. The Bertz CT molecular complexity index is 1010. The molecule has 0 atom stereocenters. The van der Waals surface area contributed by atoms with Crippen molar-refractivity contribution in [3.63, 3.8) is 0 Å². The van der Waals surface area contributed by atoms with Crippen molar-refractivity contribution in [1.29, 1.82) is 0 Å². The van der Waals surface area contributed by atoms with E-state index in [0.29, 0.717) is 18.1 Å². The predicted molar refractivity (Wildman–Crippen MR) is 94.4 cm³/mol. The summed E-state index contributed by atoms with van der Waals surface area (Å²) in [5, 5.41) is 4.16. The molecule has 2 aliphatic rings. The van der Waals surface area contributed by atoms with Crippen LogP contribution in [0.2, 0.25) is 0 Å². The Labute approximate surface area is 155 Å². The second kappa shape index (κ2) is 5.90. The minimum absolute atomic E-state index is 0.249. The summed E-state index contributed by atoms with van der Waals surface area (Å²) in [4.78, 5) is 4.62. The smallest absolute Gasteiger partial charge is 0.236 e. The van der Waals surface area contributed by atoms with Gasteiger partial charge in [0.15, 0.2) is 28.8 Å². The van der Waals surface area contributed by atoms with E-state index >= 15 is 0 Å². The average molecular weight is 366 g/mol. The van der Waals surface area contributed by atoms with Crippen molar-refractivity contribution in [2.45, 2.75) is 25.7 Å². The number of ether oxygens (including phenoxy) is 4. The van der Waals surface area contributed by atoms with Crippen molar-refractivity contribution in [2.24, 2.45) is 0 Å². The first kappa shape index (κ1) is 16.0. The van der Waals surface area contributed by atoms with Crippen LogP contribution in [0.25, 0.3) is 0 Å². The first-order valence-electron chi connectivity index (χ1n) is 8.71. The van der Waals surface area contributed by atoms with Gasteiger partial charge in [0.2, 0.25) is 19.5 Å². The second-order valence-corrected chi connectivity index (χ2v) is 7.07. The number of nitrogens with zero attached hydrogens (tertiary/aromatic N) is 2. The summed E-state index contributed by atoms with van der Waals surface area (Å²) in [6, 6.07) is 11.7. The largest absolute Gasteiger partial charge is 0.454 e. The lowest BCUT2D eigenvalue weighted by atomic mass is 9.84. The third-order valence-electron chi connectivity index (χ3n) is 4.90. The van der Waals surface area contributed by atoms with Crippen molar-refractivity contribution in [2.75, 3.05) is 13.6 Å². The second-order valence-electron chi connectivity index (χ2n) is 7.07. The molecule has 5 rings (SSSR count). The Hall–Kier alpha value is -3.22. The minimum atomic E-state index is -0.457. The Kier molecular flexibility index (Phi) is 3.50. The number of aromatic nitrogens is 2. The molecule has 0 fully saturated rings. The molecule has 0 saturated heterocycles. The van der Waals surface area contributed by atoms with Crippen LogP contribution in [0.3, 0.4) is 0 Å². The van der Waals surface area contributed by atoms with Crippen LogP contribution in [0, 0.1) is 0 Å². The van der Waals surface area contributed by atoms with Gasteiger partial charge >= 0.3 is 0 Å². The number of benzene rings is 2. The molecule has 1 aromatic heterocycles. The standard InChI is InChI=1S/C20H18N2O5/c1-20(2,13-4-6-15-17(9-13)26-11-24-15)19-21-18(22-27-19)8-12-3-5-14-16(7-12)25-10-23-14/h3-7,9H,8,10-11H2,1-2H3. The van der Waals surface area contributed by atoms with Gasteiger partial charge in [0.25, 0.3) is 0 Å². The van der Waals surface area contributed by atoms with Crippen LogP contribution in [0.4, 0.5) is 0 Å². The number of hydrogen-bond acceptors (Lipinski definition) is 7. The average Bonchev–Trinajstić information content (AvgIpc) is 3.41. The van der Waals surface area contributed by atoms with Gasteiger partial charge < -0.3 is 23.5 Å². The van der Waals surface area contributed by atoms with Gasteiger partial charge in [-0.3, -0.25) is 0 Å². The van der Waals surface area contributed by atoms with Gasteiger partial charge in [0.05, 0.1) is 5.41 Å². The lowest BCUT2D eigenvalue weighted by molar-refractivity contribution is 0.173. The lowest BCUT2D eigenvalue weighted by Crippen LogP contribution is -2.19. The summed E-state index contributed by atoms with van der Waals surface area (Å²) >= 11 is 0. The molecule has 0 N–H and O–H groups in total. The first-order valence-corrected chi connectivity index (χ1v) is 8.71. The summed E-state index contributed by atoms with van der Waals surface area (Å²) < 4.78 is 27.2. The van der Waals surface area contributed by atoms with Crippen molar-refractivity contribution >= 4 is 0 Å². The van der Waals surface area contributed by atoms with Crippen LogP contribution >= 0.6 is 0 Å². The maximum absolute atomic E-state index is 5.58. The zero-order chi connectivity index (χ0) is 18.4. The Morgan fingerprint density at radius 3 is 2.30 bits per heavy atom. The van der Waals surface area contributed by atoms with Gasteiger partial charge in [-0.05, 0) is 49.2 Å². The fraction of sp³-hybridized carbons (Fsp3) is 0.300. The highest BCUT2D eigenvalue weighted by atomic mass is 16.7. The van der Waals surface area contributed by atoms with E-state index in [1.54, 1.807) is 0 Å². The van der Waals surface area contributed by atoms with Crippen LogP contribution in [0.15, 0.2) is 40.9 Å². The molecule has 0 radical (unpaired) electrons. The molecular formula is C20H18N2O5. The van der Waals surface area contributed by atoms with E-state index < -0.39 is 5.41 Å². The van der Waals surface area contributed by atoms with Crippen LogP contribution in [0.5, 0.6) is 23.0 Å². The first-order chi connectivity index (χ1) is 13.1. The van der Waals surface area contributed by atoms with Crippen molar-refractivity contribution in [1.82, 2.24) is 10.1 Å². The van der Waals surface area contributed by atoms with E-state index in [1.807, 2.05) is 50.2 Å². The van der Waals surface area contributed by atoms with Gasteiger partial charge in [-0.1, -0.05) is 17.3 Å². The zero-order valence-corrected chi connectivity index (χ0v) is 15.0. The van der Waals surface area contributed by atoms with Crippen molar-refractivity contribution in [3.05, 3.63) is 59.2 Å². The molecule has 27 heavy (non-hydrogen) atoms. The molecule has 0 saturated carbocycles. The number of fused-ring (bicyclic) bond motifs is 2. The summed E-state index contributed by atoms with van der Waals surface area (Å²) in [7, 11) is 0. The Morgan fingerprint density at radius 2 is 1.52 bits per heavy atom. The highest BCUT2D eigenvalue weighted by Gasteiger charge is 2.31. The third kappa shape index (κ3) is 2.75. The topological polar surface area (TPSA) is 75.8 Å². The molecule has 0 aliphatic carbocycles. The normalized spacial score (nSPS) is 14.6. The lowest BCUT2D eigenvalue weighted by Gasteiger charge is -2.20. The van der Waals surface area contributed by atoms with Crippen LogP contribution < -0.4 is 18.9 Å². The van der Waals surface area contributed by atoms with E-state index in [2.05, 4.69) is 10.1 Å². The fourth-order valence-electron chi connectivity index (χ4n) is 3.22. The van der Waals surface area contributed by atoms with Crippen LogP contribution in [-0.2, 0) is 11.8 Å². The molecule has 0 amide bonds. The van der Waals surface area contributed by atoms with E-state index in [0.717, 1.165) is 34.1 Å². The van der Waals surface area contributed by atoms with Crippen LogP contribution in [0.1, 0.15) is 36.7 Å². The van der Waals surface area contributed by atoms with Gasteiger partial charge in [0.1, 0.15) is 0 Å². The summed E-state index contributed by atoms with van der Waals surface area (Å²) in [6.45, 7) is 4.60. The molecular weight excluding hydrogens is 348 g/mol. The SMILES string of the molecule is CC(C)(c1ccc2c(c1)OCO2)c1nc(Cc2ccc3c(c2)OCO3)no1. The van der Waals surface area contributed by atoms with Crippen molar-refractivity contribution in [3.8, 4) is 23.0 Å². The molecule has 2 aromatic carbocycles. The Morgan fingerprint density at radius 1 is 0.852 bits per heavy atom. The molecule has 0 spiro atoms. The fourth-order valence-corrected chi connectivity index (χ4v) is 3.22. The number of hydrogen-bond donors (Lipinski definition) is 0. The van der Waals surface area contributed by atoms with E-state index in [4.69, 9.17) is 23.5 Å². The monoisotopic (exact) mass is 366 g/mol. The van der Waals surface area contributed by atoms with Gasteiger partial charge in [-0.25, -0.2) is 0 Å². The molecule has 3 aromatic rings. The molecule has 0 unspecified atom stereocenters. The van der Waals surface area contributed by atoms with E-state index in [9.17, 15) is 0 Å². The molecule has 138 valence electrons. The quantitative estimate of drug-likeness (QED) is 0.700. The predicted octanol–water partition coefficient (Wildman–Crippen LogP) is 3.44. The molecule has 7 nitrogen and oxygen atoms in total. The summed E-state index contributed by atoms with van der Waals surface area (Å²) in [5.74, 6) is 4.17. The third-order valence-corrected chi connectivity index (χ3v) is 4.90. The van der Waals surface area contributed by atoms with Crippen LogP contribution in [-0.4, -0.2) is 23.7 Å². The maximum Gasteiger partial charge on any atom is 0.236 e. The minimum Gasteiger partial charge on any atom is -0.454 e. The molecule has 7 heteroatoms. The summed E-state index contributed by atoms with van der Waals surface area (Å²) in [5.41, 5.74) is 1.60. The highest BCUT2D eigenvalue weighted by molar-refractivity contribution is 5.48. The molecule has 3 heterocycles. The number of rotatable bonds is 4. The van der Waals surface area contributed by atoms with Gasteiger partial charge in [0, 0.05) is 6.42 Å². The highest BCUT2D eigenvalue weighted by Crippen LogP contribution is 2.39. The van der Waals surface area contributed by atoms with E-state index in [-0.39, 0.29) is 13.6 Å². The van der Waals surface area contributed by atoms with Gasteiger partial charge in [-0.2, -0.15) is 4.98 Å².